The van der Waals surface area contributed by atoms with E-state index in [1.165, 1.54) is 32.1 Å². The van der Waals surface area contributed by atoms with Crippen LogP contribution in [0.25, 0.3) is 11.0 Å². The minimum Gasteiger partial charge on any atom is -0.357 e. The van der Waals surface area contributed by atoms with Gasteiger partial charge in [0.2, 0.25) is 0 Å². The van der Waals surface area contributed by atoms with Crippen molar-refractivity contribution in [2.75, 3.05) is 31.1 Å². The number of hydrogen-bond donors (Lipinski definition) is 1. The molecule has 0 atom stereocenters. The minimum absolute atomic E-state index is 0.0570. The molecule has 128 valence electrons. The Balaban J connectivity index is 1.59. The van der Waals surface area contributed by atoms with E-state index >= 15 is 0 Å². The Morgan fingerprint density at radius 3 is 2.33 bits per heavy atom. The van der Waals surface area contributed by atoms with Gasteiger partial charge in [0.15, 0.2) is 5.65 Å². The van der Waals surface area contributed by atoms with Crippen LogP contribution in [0, 0.1) is 0 Å². The van der Waals surface area contributed by atoms with Gasteiger partial charge >= 0.3 is 0 Å². The highest BCUT2D eigenvalue weighted by atomic mass is 16.2. The van der Waals surface area contributed by atoms with E-state index in [2.05, 4.69) is 15.1 Å². The van der Waals surface area contributed by atoms with Gasteiger partial charge in [-0.05, 0) is 44.2 Å². The van der Waals surface area contributed by atoms with Crippen LogP contribution in [-0.4, -0.2) is 52.2 Å². The SMILES string of the molecule is O=C(c1[nH]nc2nc(N3CCCCCC3)ccc12)N1CCCCC1. The molecule has 24 heavy (non-hydrogen) atoms. The molecular weight excluding hydrogens is 302 g/mol. The molecule has 0 aliphatic carbocycles. The number of fused-ring (bicyclic) bond motifs is 1. The molecule has 0 saturated carbocycles. The Labute approximate surface area is 142 Å². The van der Waals surface area contributed by atoms with Gasteiger partial charge in [-0.3, -0.25) is 9.89 Å². The third-order valence-corrected chi connectivity index (χ3v) is 5.19. The summed E-state index contributed by atoms with van der Waals surface area (Å²) in [5.41, 5.74) is 1.24. The summed E-state index contributed by atoms with van der Waals surface area (Å²) < 4.78 is 0. The fourth-order valence-corrected chi connectivity index (χ4v) is 3.78. The minimum atomic E-state index is 0.0570. The number of nitrogens with one attached hydrogen (secondary N) is 1. The first-order chi connectivity index (χ1) is 11.8. The van der Waals surface area contributed by atoms with Gasteiger partial charge in [-0.2, -0.15) is 5.10 Å². The Morgan fingerprint density at radius 1 is 0.917 bits per heavy atom. The predicted molar refractivity (Wildman–Crippen MR) is 94.3 cm³/mol. The standard InChI is InChI=1S/C18H25N5O/c24-18(23-12-6-3-7-13-23)16-14-8-9-15(19-17(14)21-20-16)22-10-4-1-2-5-11-22/h8-9H,1-7,10-13H2,(H,19,20,21). The molecule has 2 aliphatic rings. The summed E-state index contributed by atoms with van der Waals surface area (Å²) >= 11 is 0. The van der Waals surface area contributed by atoms with E-state index in [0.717, 1.165) is 50.2 Å². The maximum Gasteiger partial charge on any atom is 0.272 e. The summed E-state index contributed by atoms with van der Waals surface area (Å²) in [5, 5.41) is 8.07. The number of likely N-dealkylation sites (tertiary alicyclic amines) is 1. The number of amides is 1. The lowest BCUT2D eigenvalue weighted by molar-refractivity contribution is 0.0720. The molecule has 4 rings (SSSR count). The molecule has 4 heterocycles. The van der Waals surface area contributed by atoms with Crippen LogP contribution < -0.4 is 4.90 Å². The molecule has 2 aliphatic heterocycles. The highest BCUT2D eigenvalue weighted by molar-refractivity contribution is 6.04. The van der Waals surface area contributed by atoms with Crippen LogP contribution in [0.1, 0.15) is 55.4 Å². The van der Waals surface area contributed by atoms with E-state index in [1.807, 2.05) is 17.0 Å². The van der Waals surface area contributed by atoms with E-state index < -0.39 is 0 Å². The van der Waals surface area contributed by atoms with Crippen LogP contribution in [0.2, 0.25) is 0 Å². The number of aromatic amines is 1. The summed E-state index contributed by atoms with van der Waals surface area (Å²) in [6.07, 6.45) is 8.45. The van der Waals surface area contributed by atoms with Crippen LogP contribution in [-0.2, 0) is 0 Å². The van der Waals surface area contributed by atoms with Gasteiger partial charge in [0.1, 0.15) is 11.5 Å². The second-order valence-electron chi connectivity index (χ2n) is 6.89. The fraction of sp³-hybridized carbons (Fsp3) is 0.611. The lowest BCUT2D eigenvalue weighted by Crippen LogP contribution is -2.35. The molecule has 0 unspecified atom stereocenters. The molecule has 2 aromatic heterocycles. The van der Waals surface area contributed by atoms with Crippen LogP contribution in [0.3, 0.4) is 0 Å². The second-order valence-corrected chi connectivity index (χ2v) is 6.89. The number of aromatic nitrogens is 3. The van der Waals surface area contributed by atoms with Gasteiger partial charge in [0.25, 0.3) is 5.91 Å². The zero-order valence-electron chi connectivity index (χ0n) is 14.1. The van der Waals surface area contributed by atoms with Crippen molar-refractivity contribution in [3.05, 3.63) is 17.8 Å². The van der Waals surface area contributed by atoms with Crippen molar-refractivity contribution in [3.63, 3.8) is 0 Å². The first-order valence-electron chi connectivity index (χ1n) is 9.22. The Bertz CT molecular complexity index is 711. The second kappa shape index (κ2) is 6.79. The molecule has 0 radical (unpaired) electrons. The average molecular weight is 327 g/mol. The smallest absolute Gasteiger partial charge is 0.272 e. The molecule has 0 bridgehead atoms. The molecule has 1 N–H and O–H groups in total. The first kappa shape index (κ1) is 15.4. The molecular formula is C18H25N5O. The lowest BCUT2D eigenvalue weighted by Gasteiger charge is -2.26. The number of carbonyl (C=O) groups excluding carboxylic acids is 1. The maximum atomic E-state index is 12.7. The number of carbonyl (C=O) groups is 1. The molecule has 6 heteroatoms. The number of nitrogens with zero attached hydrogens (tertiary/aromatic N) is 4. The van der Waals surface area contributed by atoms with E-state index in [9.17, 15) is 4.79 Å². The summed E-state index contributed by atoms with van der Waals surface area (Å²) in [5.74, 6) is 1.04. The van der Waals surface area contributed by atoms with Crippen molar-refractivity contribution in [2.24, 2.45) is 0 Å². The summed E-state index contributed by atoms with van der Waals surface area (Å²) in [6.45, 7) is 3.81. The van der Waals surface area contributed by atoms with Crippen molar-refractivity contribution in [3.8, 4) is 0 Å². The van der Waals surface area contributed by atoms with Crippen molar-refractivity contribution < 1.29 is 4.79 Å². The van der Waals surface area contributed by atoms with Gasteiger partial charge in [-0.25, -0.2) is 4.98 Å². The largest absolute Gasteiger partial charge is 0.357 e. The number of piperidine rings is 1. The van der Waals surface area contributed by atoms with Crippen molar-refractivity contribution >= 4 is 22.8 Å². The highest BCUT2D eigenvalue weighted by Gasteiger charge is 2.23. The van der Waals surface area contributed by atoms with E-state index in [1.54, 1.807) is 0 Å². The molecule has 0 aromatic carbocycles. The van der Waals surface area contributed by atoms with Gasteiger partial charge in [0, 0.05) is 26.2 Å². The third-order valence-electron chi connectivity index (χ3n) is 5.19. The average Bonchev–Trinajstić information content (AvgIpc) is 2.86. The number of anilines is 1. The number of H-pyrrole nitrogens is 1. The summed E-state index contributed by atoms with van der Waals surface area (Å²) in [4.78, 5) is 21.7. The Morgan fingerprint density at radius 2 is 1.58 bits per heavy atom. The fourth-order valence-electron chi connectivity index (χ4n) is 3.78. The monoisotopic (exact) mass is 327 g/mol. The number of rotatable bonds is 2. The molecule has 0 spiro atoms. The lowest BCUT2D eigenvalue weighted by atomic mass is 10.1. The van der Waals surface area contributed by atoms with Crippen LogP contribution in [0.5, 0.6) is 0 Å². The quantitative estimate of drug-likeness (QED) is 0.921. The molecule has 2 aromatic rings. The zero-order valence-corrected chi connectivity index (χ0v) is 14.1. The third kappa shape index (κ3) is 2.97. The van der Waals surface area contributed by atoms with Gasteiger partial charge in [-0.15, -0.1) is 0 Å². The first-order valence-corrected chi connectivity index (χ1v) is 9.22. The van der Waals surface area contributed by atoms with Gasteiger partial charge < -0.3 is 9.80 Å². The molecule has 6 nitrogen and oxygen atoms in total. The topological polar surface area (TPSA) is 65.1 Å². The van der Waals surface area contributed by atoms with Crippen LogP contribution in [0.15, 0.2) is 12.1 Å². The highest BCUT2D eigenvalue weighted by Crippen LogP contribution is 2.23. The Hall–Kier alpha value is -2.11. The van der Waals surface area contributed by atoms with E-state index in [4.69, 9.17) is 4.98 Å². The van der Waals surface area contributed by atoms with Crippen molar-refractivity contribution in [1.29, 1.82) is 0 Å². The summed E-state index contributed by atoms with van der Waals surface area (Å²) in [6, 6.07) is 4.04. The van der Waals surface area contributed by atoms with Crippen LogP contribution >= 0.6 is 0 Å². The Kier molecular flexibility index (Phi) is 4.36. The molecule has 2 fully saturated rings. The zero-order chi connectivity index (χ0) is 16.4. The van der Waals surface area contributed by atoms with E-state index in [-0.39, 0.29) is 5.91 Å². The van der Waals surface area contributed by atoms with Crippen molar-refractivity contribution in [1.82, 2.24) is 20.1 Å². The summed E-state index contributed by atoms with van der Waals surface area (Å²) in [7, 11) is 0. The number of pyridine rings is 1. The molecule has 1 amide bonds. The van der Waals surface area contributed by atoms with E-state index in [0.29, 0.717) is 11.3 Å². The molecule has 2 saturated heterocycles. The van der Waals surface area contributed by atoms with Crippen LogP contribution in [0.4, 0.5) is 5.82 Å². The maximum absolute atomic E-state index is 12.7. The van der Waals surface area contributed by atoms with Gasteiger partial charge in [0.05, 0.1) is 5.39 Å². The van der Waals surface area contributed by atoms with Gasteiger partial charge in [-0.1, -0.05) is 12.8 Å². The number of hydrogen-bond acceptors (Lipinski definition) is 4. The normalized spacial score (nSPS) is 19.5. The predicted octanol–water partition coefficient (Wildman–Crippen LogP) is 2.96. The van der Waals surface area contributed by atoms with Crippen molar-refractivity contribution in [2.45, 2.75) is 44.9 Å².